The molecule has 184 valence electrons. The van der Waals surface area contributed by atoms with E-state index in [9.17, 15) is 0 Å². The first-order chi connectivity index (χ1) is 16.2. The third-order valence-electron chi connectivity index (χ3n) is 5.65. The quantitative estimate of drug-likeness (QED) is 0.145. The zero-order valence-electron chi connectivity index (χ0n) is 20.4. The minimum atomic E-state index is 0. The molecule has 8 heteroatoms. The summed E-state index contributed by atoms with van der Waals surface area (Å²) in [6, 6.07) is 21.4. The van der Waals surface area contributed by atoms with Gasteiger partial charge in [-0.05, 0) is 37.8 Å². The highest BCUT2D eigenvalue weighted by atomic mass is 127. The van der Waals surface area contributed by atoms with Gasteiger partial charge in [0.2, 0.25) is 0 Å². The van der Waals surface area contributed by atoms with Crippen LogP contribution in [0.5, 0.6) is 0 Å². The minimum absolute atomic E-state index is 0. The Balaban J connectivity index is 0.00000408. The number of nitrogens with one attached hydrogen (secondary N) is 2. The lowest BCUT2D eigenvalue weighted by molar-refractivity contribution is 0.145. The van der Waals surface area contributed by atoms with Crippen molar-refractivity contribution in [2.45, 2.75) is 39.2 Å². The van der Waals surface area contributed by atoms with Crippen LogP contribution >= 0.6 is 24.0 Å². The van der Waals surface area contributed by atoms with Gasteiger partial charge in [0.1, 0.15) is 12.4 Å². The van der Waals surface area contributed by atoms with Crippen LogP contribution in [0.1, 0.15) is 48.5 Å². The van der Waals surface area contributed by atoms with Gasteiger partial charge in [0.05, 0.1) is 0 Å². The third-order valence-corrected chi connectivity index (χ3v) is 5.65. The van der Waals surface area contributed by atoms with Crippen LogP contribution in [-0.2, 0) is 18.3 Å². The first-order valence-corrected chi connectivity index (χ1v) is 11.7. The zero-order chi connectivity index (χ0) is 23.3. The Morgan fingerprint density at radius 1 is 0.971 bits per heavy atom. The lowest BCUT2D eigenvalue weighted by atomic mass is 9.88. The smallest absolute Gasteiger partial charge is 0.191 e. The highest BCUT2D eigenvalue weighted by Gasteiger charge is 2.14. The summed E-state index contributed by atoms with van der Waals surface area (Å²) in [6.07, 6.45) is 1.88. The van der Waals surface area contributed by atoms with Gasteiger partial charge < -0.3 is 19.9 Å². The average Bonchev–Trinajstić information content (AvgIpc) is 3.18. The van der Waals surface area contributed by atoms with E-state index in [1.54, 1.807) is 0 Å². The number of hydrogen-bond donors (Lipinski definition) is 2. The molecule has 0 spiro atoms. The van der Waals surface area contributed by atoms with Crippen molar-refractivity contribution in [3.63, 3.8) is 0 Å². The second-order valence-corrected chi connectivity index (χ2v) is 7.95. The van der Waals surface area contributed by atoms with E-state index in [2.05, 4.69) is 81.5 Å². The van der Waals surface area contributed by atoms with Crippen LogP contribution in [0.2, 0.25) is 0 Å². The number of nitrogens with zero attached hydrogens (tertiary/aromatic N) is 4. The van der Waals surface area contributed by atoms with Gasteiger partial charge in [-0.1, -0.05) is 60.7 Å². The molecule has 0 radical (unpaired) electrons. The van der Waals surface area contributed by atoms with E-state index in [0.29, 0.717) is 12.5 Å². The summed E-state index contributed by atoms with van der Waals surface area (Å²) in [5, 5.41) is 15.3. The number of guanidine groups is 1. The Kier molecular flexibility index (Phi) is 12.6. The molecular weight excluding hydrogens is 539 g/mol. The van der Waals surface area contributed by atoms with Gasteiger partial charge in [-0.15, -0.1) is 34.2 Å². The normalized spacial score (nSPS) is 11.4. The molecule has 0 fully saturated rings. The van der Waals surface area contributed by atoms with Crippen LogP contribution in [0, 0.1) is 6.92 Å². The molecule has 0 unspecified atom stereocenters. The Morgan fingerprint density at radius 3 is 2.15 bits per heavy atom. The van der Waals surface area contributed by atoms with Gasteiger partial charge in [-0.3, -0.25) is 0 Å². The molecule has 2 N–H and O–H groups in total. The summed E-state index contributed by atoms with van der Waals surface area (Å²) in [5.41, 5.74) is 2.64. The molecule has 1 aromatic heterocycles. The van der Waals surface area contributed by atoms with Crippen molar-refractivity contribution in [2.75, 3.05) is 26.3 Å². The fourth-order valence-electron chi connectivity index (χ4n) is 3.67. The predicted molar refractivity (Wildman–Crippen MR) is 149 cm³/mol. The standard InChI is InChI=1S/C26H36N6O.HI/c1-4-33-19-11-17-27-26(29-20-25-31-30-21(2)32(25)3)28-18-16-24(22-12-7-5-8-13-22)23-14-9-6-10-15-23;/h5-10,12-15,24H,4,11,16-20H2,1-3H3,(H2,27,28,29);1H. The largest absolute Gasteiger partial charge is 0.382 e. The number of aryl methyl sites for hydroxylation is 1. The Bertz CT molecular complexity index is 938. The number of aliphatic imine (C=N–C) groups is 1. The van der Waals surface area contributed by atoms with Crippen molar-refractivity contribution >= 4 is 29.9 Å². The van der Waals surface area contributed by atoms with E-state index >= 15 is 0 Å². The van der Waals surface area contributed by atoms with E-state index in [0.717, 1.165) is 56.8 Å². The predicted octanol–water partition coefficient (Wildman–Crippen LogP) is 4.43. The lowest BCUT2D eigenvalue weighted by Crippen LogP contribution is -2.39. The maximum atomic E-state index is 5.45. The monoisotopic (exact) mass is 576 g/mol. The summed E-state index contributed by atoms with van der Waals surface area (Å²) >= 11 is 0. The molecule has 7 nitrogen and oxygen atoms in total. The van der Waals surface area contributed by atoms with Crippen molar-refractivity contribution in [3.05, 3.63) is 83.4 Å². The lowest BCUT2D eigenvalue weighted by Gasteiger charge is -2.20. The van der Waals surface area contributed by atoms with Crippen molar-refractivity contribution in [1.29, 1.82) is 0 Å². The topological polar surface area (TPSA) is 76.4 Å². The van der Waals surface area contributed by atoms with Gasteiger partial charge >= 0.3 is 0 Å². The Hall–Kier alpha value is -2.46. The highest BCUT2D eigenvalue weighted by Crippen LogP contribution is 2.27. The van der Waals surface area contributed by atoms with Crippen molar-refractivity contribution in [1.82, 2.24) is 25.4 Å². The van der Waals surface area contributed by atoms with E-state index in [-0.39, 0.29) is 24.0 Å². The molecular formula is C26H37IN6O. The summed E-state index contributed by atoms with van der Waals surface area (Å²) in [7, 11) is 1.97. The summed E-state index contributed by atoms with van der Waals surface area (Å²) < 4.78 is 7.42. The molecule has 2 aromatic carbocycles. The Morgan fingerprint density at radius 2 is 1.59 bits per heavy atom. The number of ether oxygens (including phenoxy) is 1. The van der Waals surface area contributed by atoms with Gasteiger partial charge in [0.25, 0.3) is 0 Å². The van der Waals surface area contributed by atoms with Gasteiger partial charge in [-0.25, -0.2) is 4.99 Å². The molecule has 0 aliphatic heterocycles. The maximum Gasteiger partial charge on any atom is 0.191 e. The molecule has 3 aromatic rings. The van der Waals surface area contributed by atoms with Crippen LogP contribution < -0.4 is 10.6 Å². The van der Waals surface area contributed by atoms with E-state index < -0.39 is 0 Å². The first-order valence-electron chi connectivity index (χ1n) is 11.7. The molecule has 0 atom stereocenters. The van der Waals surface area contributed by atoms with Gasteiger partial charge in [-0.2, -0.15) is 0 Å². The fraction of sp³-hybridized carbons (Fsp3) is 0.423. The minimum Gasteiger partial charge on any atom is -0.382 e. The second-order valence-electron chi connectivity index (χ2n) is 7.95. The summed E-state index contributed by atoms with van der Waals surface area (Å²) in [4.78, 5) is 4.76. The fourth-order valence-corrected chi connectivity index (χ4v) is 3.67. The molecule has 0 aliphatic carbocycles. The van der Waals surface area contributed by atoms with Crippen LogP contribution in [0.25, 0.3) is 0 Å². The van der Waals surface area contributed by atoms with Crippen LogP contribution in [0.4, 0.5) is 0 Å². The van der Waals surface area contributed by atoms with E-state index in [1.807, 2.05) is 25.5 Å². The highest BCUT2D eigenvalue weighted by molar-refractivity contribution is 14.0. The molecule has 1 heterocycles. The summed E-state index contributed by atoms with van der Waals surface area (Å²) in [5.74, 6) is 2.83. The molecule has 0 amide bonds. The average molecular weight is 577 g/mol. The number of halogens is 1. The van der Waals surface area contributed by atoms with E-state index in [4.69, 9.17) is 9.73 Å². The number of rotatable bonds is 12. The van der Waals surface area contributed by atoms with Crippen LogP contribution in [0.3, 0.4) is 0 Å². The van der Waals surface area contributed by atoms with Crippen LogP contribution in [-0.4, -0.2) is 47.0 Å². The number of aromatic nitrogens is 3. The van der Waals surface area contributed by atoms with E-state index in [1.165, 1.54) is 11.1 Å². The molecule has 0 saturated heterocycles. The molecule has 0 aliphatic rings. The van der Waals surface area contributed by atoms with Crippen molar-refractivity contribution in [3.8, 4) is 0 Å². The maximum absolute atomic E-state index is 5.45. The van der Waals surface area contributed by atoms with Gasteiger partial charge in [0.15, 0.2) is 11.8 Å². The molecule has 34 heavy (non-hydrogen) atoms. The van der Waals surface area contributed by atoms with Crippen molar-refractivity contribution < 1.29 is 4.74 Å². The second kappa shape index (κ2) is 15.4. The zero-order valence-corrected chi connectivity index (χ0v) is 22.7. The molecule has 3 rings (SSSR count). The molecule has 0 saturated carbocycles. The third kappa shape index (κ3) is 8.72. The number of hydrogen-bond acceptors (Lipinski definition) is 4. The first kappa shape index (κ1) is 27.8. The SMILES string of the molecule is CCOCCCNC(=NCc1nnc(C)n1C)NCCC(c1ccccc1)c1ccccc1.I. The van der Waals surface area contributed by atoms with Crippen LogP contribution in [0.15, 0.2) is 65.7 Å². The number of benzene rings is 2. The van der Waals surface area contributed by atoms with Crippen molar-refractivity contribution in [2.24, 2.45) is 12.0 Å². The molecule has 0 bridgehead atoms. The van der Waals surface area contributed by atoms with Gasteiger partial charge in [0, 0.05) is 39.3 Å². The summed E-state index contributed by atoms with van der Waals surface area (Å²) in [6.45, 7) is 7.50. The Labute approximate surface area is 220 Å².